The Kier molecular flexibility index (Phi) is 10.4. The summed E-state index contributed by atoms with van der Waals surface area (Å²) in [5.41, 5.74) is 1.02. The van der Waals surface area contributed by atoms with Crippen LogP contribution >= 0.6 is 23.2 Å². The Bertz CT molecular complexity index is 1430. The number of anilines is 1. The van der Waals surface area contributed by atoms with Crippen LogP contribution in [-0.4, -0.2) is 44.3 Å². The van der Waals surface area contributed by atoms with Crippen molar-refractivity contribution in [2.45, 2.75) is 44.7 Å². The van der Waals surface area contributed by atoms with Crippen molar-refractivity contribution < 1.29 is 22.4 Å². The van der Waals surface area contributed by atoms with Gasteiger partial charge in [0.25, 0.3) is 10.0 Å². The van der Waals surface area contributed by atoms with Gasteiger partial charge in [0.1, 0.15) is 18.4 Å². The molecule has 3 rings (SSSR count). The normalized spacial score (nSPS) is 12.1. The van der Waals surface area contributed by atoms with Gasteiger partial charge in [0, 0.05) is 23.7 Å². The molecule has 0 saturated carbocycles. The molecule has 0 radical (unpaired) electrons. The predicted octanol–water partition coefficient (Wildman–Crippen LogP) is 5.58. The monoisotopic (exact) mass is 593 g/mol. The number of rotatable bonds is 11. The van der Waals surface area contributed by atoms with Gasteiger partial charge in [-0.1, -0.05) is 66.0 Å². The van der Waals surface area contributed by atoms with E-state index in [2.05, 4.69) is 5.32 Å². The molecule has 0 aliphatic rings. The molecular formula is C28H30Cl2FN3O4S. The van der Waals surface area contributed by atoms with Crippen LogP contribution in [0.4, 0.5) is 10.1 Å². The average molecular weight is 595 g/mol. The molecular weight excluding hydrogens is 564 g/mol. The Labute approximate surface area is 238 Å². The third kappa shape index (κ3) is 7.50. The predicted molar refractivity (Wildman–Crippen MR) is 152 cm³/mol. The summed E-state index contributed by atoms with van der Waals surface area (Å²) in [4.78, 5) is 27.8. The van der Waals surface area contributed by atoms with Crippen LogP contribution in [0.15, 0.2) is 71.6 Å². The number of nitrogens with one attached hydrogen (secondary N) is 1. The van der Waals surface area contributed by atoms with Gasteiger partial charge in [-0.3, -0.25) is 13.9 Å². The molecule has 0 heterocycles. The first-order valence-corrected chi connectivity index (χ1v) is 14.5. The zero-order valence-corrected chi connectivity index (χ0v) is 24.2. The van der Waals surface area contributed by atoms with E-state index in [0.29, 0.717) is 13.0 Å². The molecule has 11 heteroatoms. The largest absolute Gasteiger partial charge is 0.354 e. The van der Waals surface area contributed by atoms with Crippen LogP contribution in [0.5, 0.6) is 0 Å². The minimum Gasteiger partial charge on any atom is -0.354 e. The number of aryl methyl sites for hydroxylation is 1. The number of hydrogen-bond acceptors (Lipinski definition) is 4. The zero-order chi connectivity index (χ0) is 28.7. The molecule has 0 aromatic heterocycles. The molecule has 0 fully saturated rings. The first-order chi connectivity index (χ1) is 18.4. The van der Waals surface area contributed by atoms with E-state index in [9.17, 15) is 22.4 Å². The van der Waals surface area contributed by atoms with Gasteiger partial charge in [0.05, 0.1) is 15.6 Å². The fourth-order valence-corrected chi connectivity index (χ4v) is 5.68. The van der Waals surface area contributed by atoms with E-state index in [1.165, 1.54) is 55.5 Å². The lowest BCUT2D eigenvalue weighted by Gasteiger charge is -2.32. The number of sulfonamides is 1. The van der Waals surface area contributed by atoms with Crippen molar-refractivity contribution in [2.24, 2.45) is 0 Å². The number of carbonyl (C=O) groups is 2. The summed E-state index contributed by atoms with van der Waals surface area (Å²) < 4.78 is 43.1. The highest BCUT2D eigenvalue weighted by atomic mass is 35.5. The summed E-state index contributed by atoms with van der Waals surface area (Å²) in [6, 6.07) is 15.3. The Hall–Kier alpha value is -3.14. The summed E-state index contributed by atoms with van der Waals surface area (Å²) in [5, 5.41) is 3.00. The van der Waals surface area contributed by atoms with E-state index in [1.807, 2.05) is 13.8 Å². The molecule has 1 atom stereocenters. The Morgan fingerprint density at radius 2 is 1.69 bits per heavy atom. The summed E-state index contributed by atoms with van der Waals surface area (Å²) in [6.07, 6.45) is 0.676. The number of benzene rings is 3. The van der Waals surface area contributed by atoms with Crippen molar-refractivity contribution in [1.29, 1.82) is 0 Å². The summed E-state index contributed by atoms with van der Waals surface area (Å²) in [6.45, 7) is 4.63. The van der Waals surface area contributed by atoms with Crippen LogP contribution < -0.4 is 9.62 Å². The molecule has 39 heavy (non-hydrogen) atoms. The summed E-state index contributed by atoms with van der Waals surface area (Å²) in [5.74, 6) is -1.74. The maximum absolute atomic E-state index is 14.6. The van der Waals surface area contributed by atoms with Crippen molar-refractivity contribution in [3.63, 3.8) is 0 Å². The standard InChI is InChI=1S/C28H30Cl2FN3O4S/c1-4-15-32-28(36)20(3)33(17-21-7-5-6-8-25(21)31)27(35)18-34(26-16-22(29)11-14-24(26)30)39(37,38)23-12-9-19(2)10-13-23/h5-14,16,20H,4,15,17-18H2,1-3H3,(H,32,36)/t20-/m1/s1. The van der Waals surface area contributed by atoms with Crippen molar-refractivity contribution in [2.75, 3.05) is 17.4 Å². The second-order valence-electron chi connectivity index (χ2n) is 9.00. The molecule has 7 nitrogen and oxygen atoms in total. The molecule has 0 unspecified atom stereocenters. The van der Waals surface area contributed by atoms with Gasteiger partial charge in [0.2, 0.25) is 11.8 Å². The van der Waals surface area contributed by atoms with E-state index < -0.39 is 40.2 Å². The zero-order valence-electron chi connectivity index (χ0n) is 21.8. The van der Waals surface area contributed by atoms with E-state index in [0.717, 1.165) is 14.8 Å². The molecule has 2 amide bonds. The summed E-state index contributed by atoms with van der Waals surface area (Å²) in [7, 11) is -4.31. The van der Waals surface area contributed by atoms with Crippen molar-refractivity contribution in [1.82, 2.24) is 10.2 Å². The van der Waals surface area contributed by atoms with Crippen LogP contribution in [0.1, 0.15) is 31.4 Å². The van der Waals surface area contributed by atoms with Crippen molar-refractivity contribution in [3.8, 4) is 0 Å². The van der Waals surface area contributed by atoms with Gasteiger partial charge in [-0.05, 0) is 56.7 Å². The lowest BCUT2D eigenvalue weighted by Crippen LogP contribution is -2.51. The molecule has 0 bridgehead atoms. The molecule has 0 aliphatic heterocycles. The minimum absolute atomic E-state index is 0.00739. The smallest absolute Gasteiger partial charge is 0.264 e. The first-order valence-electron chi connectivity index (χ1n) is 12.3. The number of amides is 2. The van der Waals surface area contributed by atoms with Crippen LogP contribution in [0, 0.1) is 12.7 Å². The SMILES string of the molecule is CCCNC(=O)[C@@H](C)N(Cc1ccccc1F)C(=O)CN(c1cc(Cl)ccc1Cl)S(=O)(=O)c1ccc(C)cc1. The van der Waals surface area contributed by atoms with Crippen LogP contribution in [0.3, 0.4) is 0 Å². The third-order valence-electron chi connectivity index (χ3n) is 6.08. The van der Waals surface area contributed by atoms with Crippen LogP contribution in [-0.2, 0) is 26.2 Å². The molecule has 0 spiro atoms. The lowest BCUT2D eigenvalue weighted by molar-refractivity contribution is -0.139. The second kappa shape index (κ2) is 13.3. The van der Waals surface area contributed by atoms with Crippen LogP contribution in [0.2, 0.25) is 10.0 Å². The number of halogens is 3. The minimum atomic E-state index is -4.31. The van der Waals surface area contributed by atoms with Gasteiger partial charge in [0.15, 0.2) is 0 Å². The molecule has 0 aliphatic carbocycles. The van der Waals surface area contributed by atoms with Gasteiger partial charge in [-0.15, -0.1) is 0 Å². The van der Waals surface area contributed by atoms with Gasteiger partial charge in [-0.2, -0.15) is 0 Å². The fraction of sp³-hybridized carbons (Fsp3) is 0.286. The number of nitrogens with zero attached hydrogens (tertiary/aromatic N) is 2. The lowest BCUT2D eigenvalue weighted by atomic mass is 10.1. The molecule has 208 valence electrons. The van der Waals surface area contributed by atoms with Crippen molar-refractivity contribution in [3.05, 3.63) is 93.7 Å². The average Bonchev–Trinajstić information content (AvgIpc) is 2.91. The topological polar surface area (TPSA) is 86.8 Å². The van der Waals surface area contributed by atoms with Gasteiger partial charge in [-0.25, -0.2) is 12.8 Å². The Morgan fingerprint density at radius 1 is 1.03 bits per heavy atom. The van der Waals surface area contributed by atoms with Crippen LogP contribution in [0.25, 0.3) is 0 Å². The highest BCUT2D eigenvalue weighted by Gasteiger charge is 2.33. The molecule has 1 N–H and O–H groups in total. The number of carbonyl (C=O) groups excluding carboxylic acids is 2. The molecule has 0 saturated heterocycles. The van der Waals surface area contributed by atoms with E-state index in [-0.39, 0.29) is 32.7 Å². The highest BCUT2D eigenvalue weighted by Crippen LogP contribution is 2.33. The quantitative estimate of drug-likeness (QED) is 0.314. The maximum atomic E-state index is 14.6. The summed E-state index contributed by atoms with van der Waals surface area (Å²) >= 11 is 12.6. The van der Waals surface area contributed by atoms with E-state index >= 15 is 0 Å². The van der Waals surface area contributed by atoms with E-state index in [1.54, 1.807) is 18.2 Å². The molecule has 3 aromatic carbocycles. The van der Waals surface area contributed by atoms with Crippen molar-refractivity contribution >= 4 is 50.7 Å². The fourth-order valence-electron chi connectivity index (χ4n) is 3.82. The molecule has 3 aromatic rings. The maximum Gasteiger partial charge on any atom is 0.264 e. The van der Waals surface area contributed by atoms with Gasteiger partial charge < -0.3 is 10.2 Å². The van der Waals surface area contributed by atoms with E-state index in [4.69, 9.17) is 23.2 Å². The first kappa shape index (κ1) is 30.4. The second-order valence-corrected chi connectivity index (χ2v) is 11.7. The highest BCUT2D eigenvalue weighted by molar-refractivity contribution is 7.92. The van der Waals surface area contributed by atoms with Gasteiger partial charge >= 0.3 is 0 Å². The number of hydrogen-bond donors (Lipinski definition) is 1. The third-order valence-corrected chi connectivity index (χ3v) is 8.41. The Balaban J connectivity index is 2.07. The Morgan fingerprint density at radius 3 is 2.33 bits per heavy atom.